The number of unbranched alkanes of at least 4 members (excludes halogenated alkanes) is 28. The Labute approximate surface area is 365 Å². The maximum Gasteiger partial charge on any atom is 0.305 e. The van der Waals surface area contributed by atoms with Gasteiger partial charge in [0.25, 0.3) is 0 Å². The second kappa shape index (κ2) is 34.1. The van der Waals surface area contributed by atoms with Crippen LogP contribution < -0.4 is 0 Å². The Bertz CT molecular complexity index is 1260. The summed E-state index contributed by atoms with van der Waals surface area (Å²) in [7, 11) is 0. The van der Waals surface area contributed by atoms with E-state index in [0.29, 0.717) is 25.4 Å². The zero-order chi connectivity index (χ0) is 42.8. The second-order valence-electron chi connectivity index (χ2n) is 18.9. The van der Waals surface area contributed by atoms with Gasteiger partial charge in [-0.1, -0.05) is 238 Å². The summed E-state index contributed by atoms with van der Waals surface area (Å²) in [5.74, 6) is 0.854. The summed E-state index contributed by atoms with van der Waals surface area (Å²) in [4.78, 5) is 13.4. The van der Waals surface area contributed by atoms with E-state index in [2.05, 4.69) is 20.8 Å². The topological polar surface area (TPSA) is 66.8 Å². The molecule has 59 heavy (non-hydrogen) atoms. The molecule has 0 aliphatic carbocycles. The molecule has 0 bridgehead atoms. The third-order valence-corrected chi connectivity index (χ3v) is 13.4. The van der Waals surface area contributed by atoms with E-state index < -0.39 is 5.41 Å². The number of carbonyl (C=O) groups excluding carboxylic acids is 1. The molecular formula is C55H94O4. The first-order chi connectivity index (χ1) is 28.7. The Morgan fingerprint density at radius 2 is 0.814 bits per heavy atom. The monoisotopic (exact) mass is 819 g/mol. The number of ether oxygens (including phenoxy) is 1. The van der Waals surface area contributed by atoms with Crippen LogP contribution in [0.1, 0.15) is 261 Å². The molecule has 0 spiro atoms. The zero-order valence-electron chi connectivity index (χ0n) is 39.5. The van der Waals surface area contributed by atoms with Crippen LogP contribution in [0, 0.1) is 19.8 Å². The quantitative estimate of drug-likeness (QED) is 0.0521. The molecule has 338 valence electrons. The summed E-state index contributed by atoms with van der Waals surface area (Å²) in [6, 6.07) is 11.5. The first-order valence-electron chi connectivity index (χ1n) is 25.5. The van der Waals surface area contributed by atoms with Crippen LogP contribution in [0.4, 0.5) is 0 Å². The fourth-order valence-corrected chi connectivity index (χ4v) is 9.01. The molecule has 4 heteroatoms. The lowest BCUT2D eigenvalue weighted by atomic mass is 9.72. The Hall–Kier alpha value is -2.49. The Morgan fingerprint density at radius 1 is 0.508 bits per heavy atom. The molecule has 0 aliphatic rings. The van der Waals surface area contributed by atoms with E-state index in [1.54, 1.807) is 12.1 Å². The van der Waals surface area contributed by atoms with Crippen LogP contribution in [0.2, 0.25) is 0 Å². The van der Waals surface area contributed by atoms with Gasteiger partial charge in [-0.3, -0.25) is 4.79 Å². The molecule has 0 aromatic heterocycles. The van der Waals surface area contributed by atoms with Gasteiger partial charge in [-0.2, -0.15) is 0 Å². The second-order valence-corrected chi connectivity index (χ2v) is 18.9. The number of phenolic OH excluding ortho intramolecular Hbond substituents is 2. The number of aryl methyl sites for hydroxylation is 2. The summed E-state index contributed by atoms with van der Waals surface area (Å²) in [5.41, 5.74) is 3.24. The lowest BCUT2D eigenvalue weighted by molar-refractivity contribution is -0.145. The van der Waals surface area contributed by atoms with Crippen LogP contribution in [0.15, 0.2) is 36.4 Å². The number of rotatable bonds is 39. The smallest absolute Gasteiger partial charge is 0.305 e. The summed E-state index contributed by atoms with van der Waals surface area (Å²) < 4.78 is 6.09. The van der Waals surface area contributed by atoms with Gasteiger partial charge >= 0.3 is 5.97 Å². The van der Waals surface area contributed by atoms with Crippen molar-refractivity contribution in [3.63, 3.8) is 0 Å². The van der Waals surface area contributed by atoms with Crippen LogP contribution in [-0.4, -0.2) is 22.8 Å². The van der Waals surface area contributed by atoms with Crippen molar-refractivity contribution in [2.24, 2.45) is 5.92 Å². The van der Waals surface area contributed by atoms with Crippen molar-refractivity contribution < 1.29 is 19.7 Å². The van der Waals surface area contributed by atoms with Crippen molar-refractivity contribution in [3.8, 4) is 11.5 Å². The van der Waals surface area contributed by atoms with Gasteiger partial charge in [0, 0.05) is 11.8 Å². The number of aromatic hydroxyl groups is 2. The van der Waals surface area contributed by atoms with Crippen molar-refractivity contribution in [1.29, 1.82) is 0 Å². The molecule has 0 amide bonds. The first-order valence-corrected chi connectivity index (χ1v) is 25.5. The Morgan fingerprint density at radius 3 is 1.12 bits per heavy atom. The Kier molecular flexibility index (Phi) is 30.5. The van der Waals surface area contributed by atoms with Gasteiger partial charge in [-0.25, -0.2) is 0 Å². The van der Waals surface area contributed by atoms with Gasteiger partial charge in [0.05, 0.1) is 6.61 Å². The molecule has 2 rings (SSSR count). The molecule has 0 aliphatic heterocycles. The van der Waals surface area contributed by atoms with Gasteiger partial charge in [0.2, 0.25) is 0 Å². The third kappa shape index (κ3) is 24.5. The maximum atomic E-state index is 13.4. The highest BCUT2D eigenvalue weighted by Crippen LogP contribution is 2.39. The molecule has 2 aromatic rings. The molecule has 0 fully saturated rings. The normalized spacial score (nSPS) is 12.3. The van der Waals surface area contributed by atoms with Gasteiger partial charge in [0.15, 0.2) is 0 Å². The minimum atomic E-state index is -0.475. The van der Waals surface area contributed by atoms with Gasteiger partial charge in [0.1, 0.15) is 11.5 Å². The van der Waals surface area contributed by atoms with E-state index in [4.69, 9.17) is 4.74 Å². The molecular weight excluding hydrogens is 725 g/mol. The number of esters is 1. The minimum absolute atomic E-state index is 0.125. The average Bonchev–Trinajstić information content (AvgIpc) is 3.23. The van der Waals surface area contributed by atoms with Crippen molar-refractivity contribution in [3.05, 3.63) is 58.7 Å². The van der Waals surface area contributed by atoms with Crippen LogP contribution in [0.3, 0.4) is 0 Å². The van der Waals surface area contributed by atoms with Crippen molar-refractivity contribution in [2.75, 3.05) is 6.61 Å². The van der Waals surface area contributed by atoms with Crippen molar-refractivity contribution in [2.45, 2.75) is 258 Å². The van der Waals surface area contributed by atoms with Crippen LogP contribution >= 0.6 is 0 Å². The molecule has 0 saturated heterocycles. The molecule has 0 radical (unpaired) electrons. The first kappa shape index (κ1) is 52.6. The number of benzene rings is 2. The molecule has 0 heterocycles. The molecule has 1 unspecified atom stereocenters. The van der Waals surface area contributed by atoms with Crippen LogP contribution in [0.5, 0.6) is 11.5 Å². The van der Waals surface area contributed by atoms with E-state index in [1.165, 1.54) is 193 Å². The highest BCUT2D eigenvalue weighted by atomic mass is 16.5. The van der Waals surface area contributed by atoms with E-state index >= 15 is 0 Å². The summed E-state index contributed by atoms with van der Waals surface area (Å²) in [6.45, 7) is 11.1. The van der Waals surface area contributed by atoms with Crippen molar-refractivity contribution >= 4 is 5.97 Å². The molecule has 0 saturated carbocycles. The SMILES string of the molecule is CCCCCCCCCCCCCCCCCCC(CCCCCCCCCCCCCCCC)COC(=O)CCC(C)(c1ccc(O)c(C)c1)c1ccc(O)c(C)c1. The minimum Gasteiger partial charge on any atom is -0.508 e. The van der Waals surface area contributed by atoms with E-state index in [-0.39, 0.29) is 17.5 Å². The van der Waals surface area contributed by atoms with E-state index in [0.717, 1.165) is 35.1 Å². The van der Waals surface area contributed by atoms with Gasteiger partial charge in [-0.15, -0.1) is 0 Å². The largest absolute Gasteiger partial charge is 0.508 e. The van der Waals surface area contributed by atoms with Crippen LogP contribution in [0.25, 0.3) is 0 Å². The van der Waals surface area contributed by atoms with E-state index in [9.17, 15) is 15.0 Å². The maximum absolute atomic E-state index is 13.4. The highest BCUT2D eigenvalue weighted by Gasteiger charge is 2.31. The molecule has 4 nitrogen and oxygen atoms in total. The number of hydrogen-bond donors (Lipinski definition) is 2. The summed E-state index contributed by atoms with van der Waals surface area (Å²) >= 11 is 0. The number of phenols is 2. The lowest BCUT2D eigenvalue weighted by Gasteiger charge is -2.32. The standard InChI is InChI=1S/C55H94O4/c1-6-8-10-12-14-16-18-20-22-23-25-27-29-31-33-35-37-49(36-34-32-30-28-26-24-21-19-17-15-13-11-9-7-2)46-59-54(58)42-43-55(5,50-38-40-52(56)47(3)44-50)51-39-41-53(57)48(4)45-51/h38-41,44-45,49,56-57H,6-37,42-43,46H2,1-5H3. The summed E-state index contributed by atoms with van der Waals surface area (Å²) in [6.07, 6.45) is 44.6. The Balaban J connectivity index is 1.78. The molecule has 2 N–H and O–H groups in total. The fourth-order valence-electron chi connectivity index (χ4n) is 9.01. The van der Waals surface area contributed by atoms with Crippen LogP contribution in [-0.2, 0) is 14.9 Å². The van der Waals surface area contributed by atoms with Gasteiger partial charge in [-0.05, 0) is 73.4 Å². The highest BCUT2D eigenvalue weighted by molar-refractivity contribution is 5.69. The lowest BCUT2D eigenvalue weighted by Crippen LogP contribution is -2.26. The number of carbonyl (C=O) groups is 1. The van der Waals surface area contributed by atoms with E-state index in [1.807, 2.05) is 38.1 Å². The molecule has 1 atom stereocenters. The average molecular weight is 819 g/mol. The third-order valence-electron chi connectivity index (χ3n) is 13.4. The number of hydrogen-bond acceptors (Lipinski definition) is 4. The predicted molar refractivity (Wildman–Crippen MR) is 255 cm³/mol. The van der Waals surface area contributed by atoms with Gasteiger partial charge < -0.3 is 14.9 Å². The zero-order valence-corrected chi connectivity index (χ0v) is 39.5. The molecule has 2 aromatic carbocycles. The fraction of sp³-hybridized carbons (Fsp3) is 0.764. The predicted octanol–water partition coefficient (Wildman–Crippen LogP) is 17.5. The van der Waals surface area contributed by atoms with Crippen molar-refractivity contribution in [1.82, 2.24) is 0 Å². The summed E-state index contributed by atoms with van der Waals surface area (Å²) in [5, 5.41) is 20.5.